The lowest BCUT2D eigenvalue weighted by atomic mass is 10.1. The monoisotopic (exact) mass is 495 g/mol. The molecule has 3 aromatic heterocycles. The molecule has 0 aliphatic heterocycles. The molecule has 0 atom stereocenters. The third-order valence-electron chi connectivity index (χ3n) is 4.13. The van der Waals surface area contributed by atoms with Crippen molar-refractivity contribution in [2.24, 2.45) is 0 Å². The molecule has 0 spiro atoms. The Balaban J connectivity index is 1.83. The van der Waals surface area contributed by atoms with E-state index >= 15 is 4.39 Å². The fourth-order valence-corrected chi connectivity index (χ4v) is 5.82. The normalized spacial score (nSPS) is 11.8. The highest BCUT2D eigenvalue weighted by Crippen LogP contribution is 2.40. The van der Waals surface area contributed by atoms with Crippen molar-refractivity contribution < 1.29 is 12.8 Å². The second kappa shape index (κ2) is 8.58. The molecular formula is C19H15ClFN5O2S3. The van der Waals surface area contributed by atoms with Crippen molar-refractivity contribution in [3.8, 4) is 21.8 Å². The SMILES string of the molecule is CC(C)c1nc(-c2cccc(NS(=O)(=O)c3nccs3)c2F)c(-c2ccnc(Cl)n2)s1. The summed E-state index contributed by atoms with van der Waals surface area (Å²) in [5.74, 6) is -0.644. The maximum Gasteiger partial charge on any atom is 0.289 e. The van der Waals surface area contributed by atoms with Crippen molar-refractivity contribution in [2.75, 3.05) is 4.72 Å². The van der Waals surface area contributed by atoms with Gasteiger partial charge in [0.1, 0.15) is 0 Å². The highest BCUT2D eigenvalue weighted by Gasteiger charge is 2.24. The van der Waals surface area contributed by atoms with Gasteiger partial charge < -0.3 is 0 Å². The zero-order valence-electron chi connectivity index (χ0n) is 16.2. The number of anilines is 1. The van der Waals surface area contributed by atoms with E-state index < -0.39 is 15.8 Å². The summed E-state index contributed by atoms with van der Waals surface area (Å²) in [5, 5.41) is 2.38. The van der Waals surface area contributed by atoms with Crippen molar-refractivity contribution in [2.45, 2.75) is 24.1 Å². The number of sulfonamides is 1. The quantitative estimate of drug-likeness (QED) is 0.358. The maximum atomic E-state index is 15.5. The molecule has 0 aliphatic carbocycles. The smallest absolute Gasteiger partial charge is 0.275 e. The Kier molecular flexibility index (Phi) is 6.02. The summed E-state index contributed by atoms with van der Waals surface area (Å²) in [5.41, 5.74) is 0.814. The molecule has 0 radical (unpaired) electrons. The average Bonchev–Trinajstić information content (AvgIpc) is 3.40. The van der Waals surface area contributed by atoms with Gasteiger partial charge in [0.25, 0.3) is 10.0 Å². The van der Waals surface area contributed by atoms with Crippen molar-refractivity contribution in [1.82, 2.24) is 19.9 Å². The van der Waals surface area contributed by atoms with Crippen LogP contribution < -0.4 is 4.72 Å². The van der Waals surface area contributed by atoms with Crippen LogP contribution in [0.3, 0.4) is 0 Å². The molecule has 31 heavy (non-hydrogen) atoms. The minimum absolute atomic E-state index is 0.0633. The van der Waals surface area contributed by atoms with Crippen LogP contribution in [0.15, 0.2) is 46.4 Å². The zero-order chi connectivity index (χ0) is 22.2. The van der Waals surface area contributed by atoms with Gasteiger partial charge in [0.05, 0.1) is 27.0 Å². The fourth-order valence-electron chi connectivity index (χ4n) is 2.73. The predicted molar refractivity (Wildman–Crippen MR) is 121 cm³/mol. The van der Waals surface area contributed by atoms with E-state index in [1.165, 1.54) is 35.2 Å². The van der Waals surface area contributed by atoms with Crippen LogP contribution >= 0.6 is 34.3 Å². The van der Waals surface area contributed by atoms with Crippen LogP contribution in [0.5, 0.6) is 0 Å². The van der Waals surface area contributed by atoms with E-state index in [9.17, 15) is 8.42 Å². The van der Waals surface area contributed by atoms with E-state index in [1.54, 1.807) is 18.2 Å². The molecule has 160 valence electrons. The third kappa shape index (κ3) is 4.45. The molecule has 4 rings (SSSR count). The second-order valence-corrected chi connectivity index (χ2v) is 10.8. The van der Waals surface area contributed by atoms with E-state index in [4.69, 9.17) is 11.6 Å². The van der Waals surface area contributed by atoms with E-state index in [1.807, 2.05) is 13.8 Å². The van der Waals surface area contributed by atoms with Crippen LogP contribution in [0.1, 0.15) is 24.8 Å². The molecule has 0 aliphatic rings. The first-order valence-electron chi connectivity index (χ1n) is 8.97. The lowest BCUT2D eigenvalue weighted by Gasteiger charge is -2.10. The molecule has 0 fully saturated rings. The molecule has 0 bridgehead atoms. The molecule has 12 heteroatoms. The number of thiazole rings is 2. The van der Waals surface area contributed by atoms with Gasteiger partial charge in [-0.2, -0.15) is 8.42 Å². The van der Waals surface area contributed by atoms with Gasteiger partial charge in [-0.25, -0.2) is 24.3 Å². The first-order chi connectivity index (χ1) is 14.8. The zero-order valence-corrected chi connectivity index (χ0v) is 19.4. The van der Waals surface area contributed by atoms with E-state index in [2.05, 4.69) is 24.7 Å². The standard InChI is InChI=1S/C19H15ClFN5O2S3/c1-10(2)17-25-15(16(30-17)13-6-7-22-18(20)24-13)11-4-3-5-12(14(11)21)26-31(27,28)19-23-8-9-29-19/h3-10,26H,1-2H3. The minimum Gasteiger partial charge on any atom is -0.275 e. The summed E-state index contributed by atoms with van der Waals surface area (Å²) in [6.45, 7) is 3.96. The number of nitrogens with zero attached hydrogens (tertiary/aromatic N) is 4. The number of aromatic nitrogens is 4. The summed E-state index contributed by atoms with van der Waals surface area (Å²) in [6, 6.07) is 6.12. The van der Waals surface area contributed by atoms with Crippen molar-refractivity contribution in [1.29, 1.82) is 0 Å². The van der Waals surface area contributed by atoms with Crippen LogP contribution in [-0.2, 0) is 10.0 Å². The molecule has 0 unspecified atom stereocenters. The summed E-state index contributed by atoms with van der Waals surface area (Å²) in [7, 11) is -4.01. The molecule has 0 saturated heterocycles. The Morgan fingerprint density at radius 3 is 2.61 bits per heavy atom. The highest BCUT2D eigenvalue weighted by molar-refractivity contribution is 7.94. The Bertz CT molecular complexity index is 1340. The number of hydrogen-bond acceptors (Lipinski definition) is 8. The topological polar surface area (TPSA) is 97.7 Å². The van der Waals surface area contributed by atoms with E-state index in [-0.39, 0.29) is 26.8 Å². The molecule has 1 aromatic carbocycles. The fraction of sp³-hybridized carbons (Fsp3) is 0.158. The van der Waals surface area contributed by atoms with Crippen molar-refractivity contribution in [3.63, 3.8) is 0 Å². The largest absolute Gasteiger partial charge is 0.289 e. The van der Waals surface area contributed by atoms with Gasteiger partial charge in [0.2, 0.25) is 9.62 Å². The Morgan fingerprint density at radius 2 is 1.94 bits per heavy atom. The molecule has 1 N–H and O–H groups in total. The van der Waals surface area contributed by atoms with Gasteiger partial charge in [-0.05, 0) is 29.8 Å². The van der Waals surface area contributed by atoms with Gasteiger partial charge in [0, 0.05) is 29.3 Å². The van der Waals surface area contributed by atoms with Gasteiger partial charge in [-0.1, -0.05) is 19.9 Å². The van der Waals surface area contributed by atoms with Crippen LogP contribution in [-0.4, -0.2) is 28.4 Å². The first kappa shape index (κ1) is 21.8. The minimum atomic E-state index is -4.01. The summed E-state index contributed by atoms with van der Waals surface area (Å²) in [4.78, 5) is 17.1. The summed E-state index contributed by atoms with van der Waals surface area (Å²) >= 11 is 8.26. The second-order valence-electron chi connectivity index (χ2n) is 6.67. The average molecular weight is 496 g/mol. The van der Waals surface area contributed by atoms with Gasteiger partial charge in [-0.3, -0.25) is 4.72 Å². The number of benzene rings is 1. The van der Waals surface area contributed by atoms with Crippen LogP contribution in [0, 0.1) is 5.82 Å². The summed E-state index contributed by atoms with van der Waals surface area (Å²) < 4.78 is 42.6. The number of hydrogen-bond donors (Lipinski definition) is 1. The number of nitrogens with one attached hydrogen (secondary N) is 1. The van der Waals surface area contributed by atoms with Crippen LogP contribution in [0.2, 0.25) is 5.28 Å². The predicted octanol–water partition coefficient (Wildman–Crippen LogP) is 5.44. The molecule has 7 nitrogen and oxygen atoms in total. The Labute approximate surface area is 191 Å². The maximum absolute atomic E-state index is 15.5. The van der Waals surface area contributed by atoms with Crippen LogP contribution in [0.25, 0.3) is 21.8 Å². The van der Waals surface area contributed by atoms with Crippen molar-refractivity contribution >= 4 is 50.0 Å². The first-order valence-corrected chi connectivity index (χ1v) is 12.5. The molecule has 0 saturated carbocycles. The molecular weight excluding hydrogens is 481 g/mol. The van der Waals surface area contributed by atoms with E-state index in [0.29, 0.717) is 16.3 Å². The lowest BCUT2D eigenvalue weighted by Crippen LogP contribution is -2.14. The Hall–Kier alpha value is -2.47. The van der Waals surface area contributed by atoms with Gasteiger partial charge >= 0.3 is 0 Å². The van der Waals surface area contributed by atoms with Crippen molar-refractivity contribution in [3.05, 3.63) is 58.1 Å². The van der Waals surface area contributed by atoms with E-state index in [0.717, 1.165) is 16.3 Å². The summed E-state index contributed by atoms with van der Waals surface area (Å²) in [6.07, 6.45) is 2.88. The molecule has 4 aromatic rings. The van der Waals surface area contributed by atoms with Gasteiger partial charge in [-0.15, -0.1) is 22.7 Å². The lowest BCUT2D eigenvalue weighted by molar-refractivity contribution is 0.598. The number of halogens is 2. The highest BCUT2D eigenvalue weighted by atomic mass is 35.5. The van der Waals surface area contributed by atoms with Crippen LogP contribution in [0.4, 0.5) is 10.1 Å². The third-order valence-corrected chi connectivity index (χ3v) is 8.26. The Morgan fingerprint density at radius 1 is 1.13 bits per heavy atom. The number of rotatable bonds is 6. The molecule has 3 heterocycles. The van der Waals surface area contributed by atoms with Gasteiger partial charge in [0.15, 0.2) is 5.82 Å². The molecule has 0 amide bonds.